The van der Waals surface area contributed by atoms with E-state index in [1.807, 2.05) is 0 Å². The first-order chi connectivity index (χ1) is 16.0. The maximum atomic E-state index is 13.9. The number of hydrogen-bond acceptors (Lipinski definition) is 4. The summed E-state index contributed by atoms with van der Waals surface area (Å²) in [6.45, 7) is -0.509. The lowest BCUT2D eigenvalue weighted by atomic mass is 9.96. The van der Waals surface area contributed by atoms with Gasteiger partial charge in [-0.1, -0.05) is 60.7 Å². The summed E-state index contributed by atoms with van der Waals surface area (Å²) in [4.78, 5) is 0. The highest BCUT2D eigenvalue weighted by Crippen LogP contribution is 2.44. The van der Waals surface area contributed by atoms with Gasteiger partial charge >= 0.3 is 12.4 Å². The van der Waals surface area contributed by atoms with Gasteiger partial charge in [0.15, 0.2) is 0 Å². The highest BCUT2D eigenvalue weighted by molar-refractivity contribution is 5.49. The molecule has 182 valence electrons. The molecule has 0 aliphatic rings. The number of aromatic hydroxyl groups is 2. The highest BCUT2D eigenvalue weighted by atomic mass is 19.4. The van der Waals surface area contributed by atoms with Gasteiger partial charge in [-0.25, -0.2) is 0 Å². The van der Waals surface area contributed by atoms with Gasteiger partial charge in [-0.3, -0.25) is 10.6 Å². The molecule has 34 heavy (non-hydrogen) atoms. The first-order valence-electron chi connectivity index (χ1n) is 10.2. The molecule has 0 fully saturated rings. The van der Waals surface area contributed by atoms with Crippen LogP contribution in [0, 0.1) is 0 Å². The number of phenols is 2. The van der Waals surface area contributed by atoms with Gasteiger partial charge in [0.05, 0.1) is 0 Å². The second-order valence-corrected chi connectivity index (χ2v) is 7.65. The van der Waals surface area contributed by atoms with E-state index in [4.69, 9.17) is 0 Å². The standard InChI is InChI=1S/C24H22F6N2O2/c25-23(26,27)21(31-13-15-7-3-1-4-8-15)17-11-18(20(34)12-19(17)33)22(24(28,29)30)32-14-16-9-5-2-6-10-16/h1-12,21-22,31-34H,13-14H2. The Morgan fingerprint density at radius 3 is 1.26 bits per heavy atom. The lowest BCUT2D eigenvalue weighted by Gasteiger charge is -2.27. The SMILES string of the molecule is Oc1cc(O)c(C(NCc2ccccc2)C(F)(F)F)cc1C(NCc1ccccc1)C(F)(F)F. The topological polar surface area (TPSA) is 64.5 Å². The zero-order chi connectivity index (χ0) is 24.9. The van der Waals surface area contributed by atoms with Crippen LogP contribution in [-0.4, -0.2) is 22.6 Å². The van der Waals surface area contributed by atoms with Gasteiger partial charge in [0.2, 0.25) is 0 Å². The van der Waals surface area contributed by atoms with E-state index in [2.05, 4.69) is 10.6 Å². The Balaban J connectivity index is 1.96. The predicted molar refractivity (Wildman–Crippen MR) is 114 cm³/mol. The summed E-state index contributed by atoms with van der Waals surface area (Å²) in [5.74, 6) is -1.96. The van der Waals surface area contributed by atoms with E-state index in [0.717, 1.165) is 0 Å². The normalized spacial score (nSPS) is 14.1. The smallest absolute Gasteiger partial charge is 0.408 e. The molecule has 3 aromatic rings. The molecule has 0 saturated heterocycles. The number of hydrogen-bond donors (Lipinski definition) is 4. The average Bonchev–Trinajstić information content (AvgIpc) is 2.76. The molecule has 3 aromatic carbocycles. The third-order valence-corrected chi connectivity index (χ3v) is 5.16. The zero-order valence-electron chi connectivity index (χ0n) is 17.7. The van der Waals surface area contributed by atoms with Crippen molar-refractivity contribution in [3.63, 3.8) is 0 Å². The van der Waals surface area contributed by atoms with Crippen molar-refractivity contribution in [3.8, 4) is 11.5 Å². The van der Waals surface area contributed by atoms with E-state index in [0.29, 0.717) is 23.3 Å². The monoisotopic (exact) mass is 484 g/mol. The molecular weight excluding hydrogens is 462 g/mol. The van der Waals surface area contributed by atoms with Crippen molar-refractivity contribution in [1.82, 2.24) is 10.6 Å². The Bertz CT molecular complexity index is 990. The summed E-state index contributed by atoms with van der Waals surface area (Å²) in [5, 5.41) is 24.8. The van der Waals surface area contributed by atoms with Crippen molar-refractivity contribution in [3.05, 3.63) is 95.1 Å². The van der Waals surface area contributed by atoms with Crippen LogP contribution >= 0.6 is 0 Å². The molecular formula is C24H22F6N2O2. The van der Waals surface area contributed by atoms with Gasteiger partial charge in [-0.15, -0.1) is 0 Å². The number of benzene rings is 3. The van der Waals surface area contributed by atoms with E-state index < -0.39 is 47.1 Å². The van der Waals surface area contributed by atoms with Crippen molar-refractivity contribution in [1.29, 1.82) is 0 Å². The van der Waals surface area contributed by atoms with Crippen LogP contribution in [0.3, 0.4) is 0 Å². The van der Waals surface area contributed by atoms with Crippen molar-refractivity contribution in [2.24, 2.45) is 0 Å². The second-order valence-electron chi connectivity index (χ2n) is 7.65. The van der Waals surface area contributed by atoms with E-state index in [9.17, 15) is 36.6 Å². The van der Waals surface area contributed by atoms with Crippen LogP contribution in [-0.2, 0) is 13.1 Å². The molecule has 4 N–H and O–H groups in total. The van der Waals surface area contributed by atoms with Crippen molar-refractivity contribution in [2.75, 3.05) is 0 Å². The first kappa shape index (κ1) is 25.4. The molecule has 3 rings (SSSR count). The van der Waals surface area contributed by atoms with E-state index >= 15 is 0 Å². The molecule has 0 heterocycles. The van der Waals surface area contributed by atoms with Gasteiger partial charge in [-0.05, 0) is 17.2 Å². The van der Waals surface area contributed by atoms with Crippen molar-refractivity contribution in [2.45, 2.75) is 37.5 Å². The van der Waals surface area contributed by atoms with Crippen molar-refractivity contribution >= 4 is 0 Å². The molecule has 0 aromatic heterocycles. The average molecular weight is 484 g/mol. The Hall–Kier alpha value is -3.24. The van der Waals surface area contributed by atoms with Crippen LogP contribution in [0.2, 0.25) is 0 Å². The Morgan fingerprint density at radius 1 is 0.588 bits per heavy atom. The van der Waals surface area contributed by atoms with Gasteiger partial charge in [0.1, 0.15) is 23.6 Å². The summed E-state index contributed by atoms with van der Waals surface area (Å²) in [6, 6.07) is 12.3. The first-order valence-corrected chi connectivity index (χ1v) is 10.2. The van der Waals surface area contributed by atoms with Crippen LogP contribution < -0.4 is 10.6 Å². The summed E-state index contributed by atoms with van der Waals surface area (Å²) in [6.07, 6.45) is -9.88. The molecule has 0 amide bonds. The summed E-state index contributed by atoms with van der Waals surface area (Å²) in [5.41, 5.74) is -0.639. The summed E-state index contributed by atoms with van der Waals surface area (Å²) in [7, 11) is 0. The van der Waals surface area contributed by atoms with E-state index in [-0.39, 0.29) is 13.1 Å². The maximum Gasteiger partial charge on any atom is 0.408 e. The fourth-order valence-electron chi connectivity index (χ4n) is 3.51. The molecule has 0 saturated carbocycles. The summed E-state index contributed by atoms with van der Waals surface area (Å²) < 4.78 is 83.1. The third kappa shape index (κ3) is 6.42. The number of rotatable bonds is 8. The molecule has 10 heteroatoms. The molecule has 0 aliphatic carbocycles. The third-order valence-electron chi connectivity index (χ3n) is 5.16. The molecule has 0 spiro atoms. The fraction of sp³-hybridized carbons (Fsp3) is 0.250. The van der Waals surface area contributed by atoms with E-state index in [1.54, 1.807) is 60.7 Å². The second kappa shape index (κ2) is 10.4. The quantitative estimate of drug-likeness (QED) is 0.302. The molecule has 0 bridgehead atoms. The molecule has 4 nitrogen and oxygen atoms in total. The number of nitrogens with one attached hydrogen (secondary N) is 2. The Labute approximate surface area is 191 Å². The molecule has 0 radical (unpaired) electrons. The van der Waals surface area contributed by atoms with Crippen molar-refractivity contribution < 1.29 is 36.6 Å². The fourth-order valence-corrected chi connectivity index (χ4v) is 3.51. The minimum atomic E-state index is -4.94. The number of halogens is 6. The van der Waals surface area contributed by atoms with Gasteiger partial charge in [-0.2, -0.15) is 26.3 Å². The number of phenolic OH excluding ortho intramolecular Hbond substituents is 2. The van der Waals surface area contributed by atoms with Crippen LogP contribution in [0.25, 0.3) is 0 Å². The predicted octanol–water partition coefficient (Wildman–Crippen LogP) is 5.88. The summed E-state index contributed by atoms with van der Waals surface area (Å²) >= 11 is 0. The largest absolute Gasteiger partial charge is 0.507 e. The Kier molecular flexibility index (Phi) is 7.73. The molecule has 0 aliphatic heterocycles. The van der Waals surface area contributed by atoms with E-state index in [1.165, 1.54) is 0 Å². The molecule has 2 atom stereocenters. The zero-order valence-corrected chi connectivity index (χ0v) is 17.7. The maximum absolute atomic E-state index is 13.9. The van der Waals surface area contributed by atoms with Gasteiger partial charge < -0.3 is 10.2 Å². The van der Waals surface area contributed by atoms with Gasteiger partial charge in [0.25, 0.3) is 0 Å². The van der Waals surface area contributed by atoms with Gasteiger partial charge in [0, 0.05) is 30.3 Å². The lowest BCUT2D eigenvalue weighted by Crippen LogP contribution is -2.36. The van der Waals surface area contributed by atoms with Crippen LogP contribution in [0.15, 0.2) is 72.8 Å². The van der Waals surface area contributed by atoms with Crippen LogP contribution in [0.5, 0.6) is 11.5 Å². The highest BCUT2D eigenvalue weighted by Gasteiger charge is 2.45. The van der Waals surface area contributed by atoms with Crippen LogP contribution in [0.4, 0.5) is 26.3 Å². The minimum absolute atomic E-state index is 0.254. The van der Waals surface area contributed by atoms with Crippen LogP contribution in [0.1, 0.15) is 34.3 Å². The lowest BCUT2D eigenvalue weighted by molar-refractivity contribution is -0.159. The molecule has 2 unspecified atom stereocenters. The number of alkyl halides is 6. The minimum Gasteiger partial charge on any atom is -0.507 e. The Morgan fingerprint density at radius 2 is 0.941 bits per heavy atom.